The van der Waals surface area contributed by atoms with E-state index in [1.54, 1.807) is 0 Å². The van der Waals surface area contributed by atoms with Crippen LogP contribution in [0.15, 0.2) is 0 Å². The summed E-state index contributed by atoms with van der Waals surface area (Å²) in [7, 11) is 0. The number of aliphatic hydroxyl groups excluding tert-OH is 1. The van der Waals surface area contributed by atoms with Crippen molar-refractivity contribution in [3.05, 3.63) is 0 Å². The van der Waals surface area contributed by atoms with Crippen LogP contribution in [-0.2, 0) is 9.59 Å². The molecule has 2 aliphatic rings. The fourth-order valence-corrected chi connectivity index (χ4v) is 5.50. The highest BCUT2D eigenvalue weighted by atomic mass is 16.4. The van der Waals surface area contributed by atoms with E-state index in [4.69, 9.17) is 5.11 Å². The molecule has 2 fully saturated rings. The summed E-state index contributed by atoms with van der Waals surface area (Å²) in [5.74, 6) is 0.495. The number of hydrogen-bond acceptors (Lipinski definition) is 3. The molecule has 29 heavy (non-hydrogen) atoms. The predicted molar refractivity (Wildman–Crippen MR) is 116 cm³/mol. The monoisotopic (exact) mass is 412 g/mol. The van der Waals surface area contributed by atoms with Crippen molar-refractivity contribution in [2.75, 3.05) is 0 Å². The molecule has 0 aromatic carbocycles. The summed E-state index contributed by atoms with van der Waals surface area (Å²) in [5.41, 5.74) is 0. The van der Waals surface area contributed by atoms with Crippen LogP contribution in [0.25, 0.3) is 0 Å². The zero-order valence-electron chi connectivity index (χ0n) is 19.3. The topological polar surface area (TPSA) is 94.8 Å². The summed E-state index contributed by atoms with van der Waals surface area (Å²) in [6.45, 7) is 13.0. The third-order valence-electron chi connectivity index (χ3n) is 7.29. The van der Waals surface area contributed by atoms with Gasteiger partial charge in [-0.3, -0.25) is 9.59 Å². The molecule has 0 amide bonds. The van der Waals surface area contributed by atoms with E-state index in [2.05, 4.69) is 41.5 Å². The molecule has 3 N–H and O–H groups in total. The quantitative estimate of drug-likeness (QED) is 0.549. The maximum atomic E-state index is 11.3. The van der Waals surface area contributed by atoms with E-state index in [9.17, 15) is 19.8 Å². The Morgan fingerprint density at radius 3 is 1.69 bits per heavy atom. The van der Waals surface area contributed by atoms with E-state index in [1.165, 1.54) is 12.8 Å². The lowest BCUT2D eigenvalue weighted by atomic mass is 9.65. The van der Waals surface area contributed by atoms with Gasteiger partial charge in [0, 0.05) is 0 Å². The summed E-state index contributed by atoms with van der Waals surface area (Å²) in [6.07, 6.45) is 6.25. The molecule has 5 heteroatoms. The Morgan fingerprint density at radius 2 is 1.28 bits per heavy atom. The Bertz CT molecular complexity index is 515. The molecule has 170 valence electrons. The lowest BCUT2D eigenvalue weighted by molar-refractivity contribution is -0.152. The lowest BCUT2D eigenvalue weighted by Gasteiger charge is -2.40. The molecule has 2 aliphatic carbocycles. The zero-order valence-corrected chi connectivity index (χ0v) is 19.3. The van der Waals surface area contributed by atoms with Crippen LogP contribution in [0.3, 0.4) is 0 Å². The van der Waals surface area contributed by atoms with Crippen LogP contribution in [-0.4, -0.2) is 33.4 Å². The summed E-state index contributed by atoms with van der Waals surface area (Å²) >= 11 is 0. The first-order valence-electron chi connectivity index (χ1n) is 11.6. The number of carboxylic acid groups (broad SMARTS) is 2. The molecule has 5 nitrogen and oxygen atoms in total. The van der Waals surface area contributed by atoms with Crippen molar-refractivity contribution >= 4 is 11.9 Å². The first kappa shape index (κ1) is 25.9. The van der Waals surface area contributed by atoms with Gasteiger partial charge in [-0.05, 0) is 67.1 Å². The van der Waals surface area contributed by atoms with Gasteiger partial charge < -0.3 is 15.3 Å². The van der Waals surface area contributed by atoms with Crippen LogP contribution < -0.4 is 0 Å². The van der Waals surface area contributed by atoms with Crippen molar-refractivity contribution in [3.8, 4) is 0 Å². The van der Waals surface area contributed by atoms with Gasteiger partial charge in [0.1, 0.15) is 0 Å². The Labute approximate surface area is 177 Å². The third kappa shape index (κ3) is 8.27. The van der Waals surface area contributed by atoms with E-state index >= 15 is 0 Å². The van der Waals surface area contributed by atoms with Crippen LogP contribution in [0.2, 0.25) is 0 Å². The van der Waals surface area contributed by atoms with Crippen LogP contribution in [0, 0.1) is 47.3 Å². The second-order valence-electron chi connectivity index (χ2n) is 10.4. The molecule has 2 rings (SSSR count). The zero-order chi connectivity index (χ0) is 22.3. The molecule has 7 unspecified atom stereocenters. The van der Waals surface area contributed by atoms with Crippen molar-refractivity contribution in [2.24, 2.45) is 47.3 Å². The SMILES string of the molecule is CC1CCC(C(C)C)C(C(CC(=O)O)C(=O)O)C1.CC1CCC(C(C)C)C(O)C1. The van der Waals surface area contributed by atoms with Crippen molar-refractivity contribution in [1.29, 1.82) is 0 Å². The molecule has 0 saturated heterocycles. The van der Waals surface area contributed by atoms with E-state index in [0.717, 1.165) is 31.6 Å². The second-order valence-corrected chi connectivity index (χ2v) is 10.4. The van der Waals surface area contributed by atoms with Crippen molar-refractivity contribution < 1.29 is 24.9 Å². The van der Waals surface area contributed by atoms with E-state index in [1.807, 2.05) is 0 Å². The van der Waals surface area contributed by atoms with Gasteiger partial charge >= 0.3 is 11.9 Å². The van der Waals surface area contributed by atoms with Gasteiger partial charge in [0.25, 0.3) is 0 Å². The summed E-state index contributed by atoms with van der Waals surface area (Å²) in [4.78, 5) is 22.2. The highest BCUT2D eigenvalue weighted by Gasteiger charge is 2.40. The predicted octanol–water partition coefficient (Wildman–Crippen LogP) is 5.31. The maximum absolute atomic E-state index is 11.3. The van der Waals surface area contributed by atoms with Gasteiger partial charge in [0.05, 0.1) is 18.4 Å². The molecule has 0 aromatic rings. The maximum Gasteiger partial charge on any atom is 0.307 e. The van der Waals surface area contributed by atoms with Crippen LogP contribution >= 0.6 is 0 Å². The van der Waals surface area contributed by atoms with Gasteiger partial charge in [-0.15, -0.1) is 0 Å². The van der Waals surface area contributed by atoms with Crippen molar-refractivity contribution in [1.82, 2.24) is 0 Å². The van der Waals surface area contributed by atoms with Crippen molar-refractivity contribution in [3.63, 3.8) is 0 Å². The minimum atomic E-state index is -1.01. The summed E-state index contributed by atoms with van der Waals surface area (Å²) in [6, 6.07) is 0. The minimum absolute atomic E-state index is 0.00218. The molecular weight excluding hydrogens is 368 g/mol. The normalized spacial score (nSPS) is 33.7. The van der Waals surface area contributed by atoms with E-state index in [-0.39, 0.29) is 18.4 Å². The van der Waals surface area contributed by atoms with Gasteiger partial charge in [-0.2, -0.15) is 0 Å². The van der Waals surface area contributed by atoms with Gasteiger partial charge in [0.2, 0.25) is 0 Å². The smallest absolute Gasteiger partial charge is 0.307 e. The fourth-order valence-electron chi connectivity index (χ4n) is 5.50. The minimum Gasteiger partial charge on any atom is -0.481 e. The second kappa shape index (κ2) is 11.9. The number of carboxylic acids is 2. The van der Waals surface area contributed by atoms with Crippen LogP contribution in [0.5, 0.6) is 0 Å². The highest BCUT2D eigenvalue weighted by Crippen LogP contribution is 2.43. The third-order valence-corrected chi connectivity index (χ3v) is 7.29. The molecule has 0 heterocycles. The molecule has 0 radical (unpaired) electrons. The van der Waals surface area contributed by atoms with Gasteiger partial charge in [-0.1, -0.05) is 54.4 Å². The molecule has 0 spiro atoms. The first-order chi connectivity index (χ1) is 13.4. The molecule has 7 atom stereocenters. The van der Waals surface area contributed by atoms with Gasteiger partial charge in [-0.25, -0.2) is 0 Å². The standard InChI is InChI=1S/C14H24O4.C10H20O/c1-8(2)10-5-4-9(3)6-11(10)12(14(17)18)7-13(15)16;1-7(2)9-5-4-8(3)6-10(9)11/h8-12H,4-7H2,1-3H3,(H,15,16)(H,17,18);7-11H,4-6H2,1-3H3. The van der Waals surface area contributed by atoms with E-state index in [0.29, 0.717) is 29.6 Å². The summed E-state index contributed by atoms with van der Waals surface area (Å²) in [5, 5.41) is 27.9. The lowest BCUT2D eigenvalue weighted by Crippen LogP contribution is -2.37. The first-order valence-corrected chi connectivity index (χ1v) is 11.6. The molecule has 0 aliphatic heterocycles. The Balaban J connectivity index is 0.000000326. The van der Waals surface area contributed by atoms with Crippen LogP contribution in [0.4, 0.5) is 0 Å². The number of aliphatic carboxylic acids is 2. The Kier molecular flexibility index (Phi) is 10.7. The largest absolute Gasteiger partial charge is 0.481 e. The molecule has 2 saturated carbocycles. The average molecular weight is 413 g/mol. The average Bonchev–Trinajstić information content (AvgIpc) is 2.59. The summed E-state index contributed by atoms with van der Waals surface area (Å²) < 4.78 is 0. The highest BCUT2D eigenvalue weighted by molar-refractivity contribution is 5.78. The molecular formula is C24H44O5. The Hall–Kier alpha value is -1.10. The van der Waals surface area contributed by atoms with Crippen LogP contribution in [0.1, 0.15) is 86.5 Å². The number of aliphatic hydroxyl groups is 1. The van der Waals surface area contributed by atoms with Gasteiger partial charge in [0.15, 0.2) is 0 Å². The number of rotatable bonds is 6. The van der Waals surface area contributed by atoms with Crippen molar-refractivity contribution in [2.45, 2.75) is 92.6 Å². The van der Waals surface area contributed by atoms with E-state index < -0.39 is 17.9 Å². The number of hydrogen-bond donors (Lipinski definition) is 3. The fraction of sp³-hybridized carbons (Fsp3) is 0.917. The Morgan fingerprint density at radius 1 is 0.793 bits per heavy atom. The molecule has 0 aromatic heterocycles. The molecule has 0 bridgehead atoms. The number of carbonyl (C=O) groups is 2.